The molecule has 0 amide bonds. The van der Waals surface area contributed by atoms with E-state index in [0.717, 1.165) is 11.3 Å². The Hall–Kier alpha value is -3.09. The molecule has 0 fully saturated rings. The number of carboxylic acids is 1. The molecule has 7 nitrogen and oxygen atoms in total. The molecule has 2 aliphatic heterocycles. The molecule has 0 saturated carbocycles. The van der Waals surface area contributed by atoms with Gasteiger partial charge in [-0.25, -0.2) is 4.79 Å². The predicted octanol–water partition coefficient (Wildman–Crippen LogP) is 3.57. The number of nitro groups is 1. The third kappa shape index (κ3) is 2.45. The minimum Gasteiger partial charge on any atom is -0.480 e. The van der Waals surface area contributed by atoms with E-state index in [1.54, 1.807) is 13.0 Å². The van der Waals surface area contributed by atoms with Gasteiger partial charge in [0.05, 0.1) is 4.92 Å². The molecule has 4 rings (SSSR count). The lowest BCUT2D eigenvalue weighted by atomic mass is 9.89. The van der Waals surface area contributed by atoms with Crippen LogP contribution in [0.25, 0.3) is 0 Å². The zero-order valence-corrected chi connectivity index (χ0v) is 15.1. The summed E-state index contributed by atoms with van der Waals surface area (Å²) in [6.45, 7) is 3.66. The van der Waals surface area contributed by atoms with Crippen molar-refractivity contribution in [1.82, 2.24) is 0 Å². The summed E-state index contributed by atoms with van der Waals surface area (Å²) in [4.78, 5) is 24.3. The number of para-hydroxylation sites is 1. The quantitative estimate of drug-likeness (QED) is 0.647. The molecule has 1 unspecified atom stereocenters. The summed E-state index contributed by atoms with van der Waals surface area (Å²) < 4.78 is 6.43. The number of rotatable bonds is 3. The van der Waals surface area contributed by atoms with E-state index >= 15 is 0 Å². The van der Waals surface area contributed by atoms with Crippen LogP contribution in [0.2, 0.25) is 0 Å². The van der Waals surface area contributed by atoms with Crippen LogP contribution in [-0.2, 0) is 9.53 Å². The van der Waals surface area contributed by atoms with Crippen LogP contribution in [0.4, 0.5) is 5.69 Å². The van der Waals surface area contributed by atoms with E-state index in [4.69, 9.17) is 4.74 Å². The maximum absolute atomic E-state index is 11.8. The fourth-order valence-corrected chi connectivity index (χ4v) is 4.23. The number of nitrogens with zero attached hydrogens (tertiary/aromatic N) is 2. The highest BCUT2D eigenvalue weighted by atomic mass is 16.6. The van der Waals surface area contributed by atoms with Crippen molar-refractivity contribution in [3.63, 3.8) is 0 Å². The summed E-state index contributed by atoms with van der Waals surface area (Å²) in [7, 11) is 0. The van der Waals surface area contributed by atoms with Gasteiger partial charge < -0.3 is 14.7 Å². The van der Waals surface area contributed by atoms with E-state index in [1.807, 2.05) is 48.2 Å². The number of aliphatic carboxylic acids is 1. The number of fused-ring (bicyclic) bond motifs is 1. The number of benzene rings is 1. The first kappa shape index (κ1) is 17.3. The van der Waals surface area contributed by atoms with Crippen LogP contribution in [0.5, 0.6) is 0 Å². The molecule has 7 heteroatoms. The monoisotopic (exact) mass is 368 g/mol. The highest BCUT2D eigenvalue weighted by molar-refractivity contribution is 5.81. The van der Waals surface area contributed by atoms with E-state index in [-0.39, 0.29) is 16.5 Å². The Morgan fingerprint density at radius 2 is 2.15 bits per heavy atom. The fraction of sp³-hybridized carbons (Fsp3) is 0.350. The summed E-state index contributed by atoms with van der Waals surface area (Å²) in [6, 6.07) is 6.92. The molecule has 27 heavy (non-hydrogen) atoms. The van der Waals surface area contributed by atoms with Gasteiger partial charge in [0, 0.05) is 36.1 Å². The van der Waals surface area contributed by atoms with Gasteiger partial charge in [-0.3, -0.25) is 10.1 Å². The van der Waals surface area contributed by atoms with Crippen molar-refractivity contribution in [3.8, 4) is 0 Å². The van der Waals surface area contributed by atoms with Crippen molar-refractivity contribution in [2.75, 3.05) is 4.90 Å². The lowest BCUT2D eigenvalue weighted by Crippen LogP contribution is -2.56. The van der Waals surface area contributed by atoms with Crippen LogP contribution < -0.4 is 4.90 Å². The summed E-state index contributed by atoms with van der Waals surface area (Å²) in [5.41, 5.74) is 1.75. The number of hydrogen-bond acceptors (Lipinski definition) is 5. The van der Waals surface area contributed by atoms with Crippen molar-refractivity contribution in [3.05, 3.63) is 75.2 Å². The molecule has 1 aromatic rings. The van der Waals surface area contributed by atoms with Gasteiger partial charge in [-0.05, 0) is 30.7 Å². The van der Waals surface area contributed by atoms with Gasteiger partial charge in [0.1, 0.15) is 11.8 Å². The highest BCUT2D eigenvalue weighted by Crippen LogP contribution is 2.53. The molecule has 3 atom stereocenters. The topological polar surface area (TPSA) is 92.9 Å². The summed E-state index contributed by atoms with van der Waals surface area (Å²) >= 11 is 0. The minimum atomic E-state index is -0.958. The molecule has 0 saturated heterocycles. The van der Waals surface area contributed by atoms with Crippen LogP contribution in [0, 0.1) is 10.1 Å². The fourth-order valence-electron chi connectivity index (χ4n) is 4.23. The van der Waals surface area contributed by atoms with Crippen molar-refractivity contribution in [2.45, 2.75) is 44.4 Å². The molecule has 3 aliphatic rings. The van der Waals surface area contributed by atoms with E-state index < -0.39 is 17.7 Å². The Morgan fingerprint density at radius 1 is 1.41 bits per heavy atom. The van der Waals surface area contributed by atoms with Crippen LogP contribution in [0.15, 0.2) is 59.5 Å². The Bertz CT molecular complexity index is 932. The lowest BCUT2D eigenvalue weighted by molar-refractivity contribution is -0.428. The molecule has 0 aromatic heterocycles. The molecule has 0 radical (unpaired) electrons. The molecule has 1 spiro atoms. The van der Waals surface area contributed by atoms with E-state index in [1.165, 1.54) is 0 Å². The molecular formula is C20H20N2O5. The number of carboxylic acid groups (broad SMARTS) is 1. The zero-order chi connectivity index (χ0) is 19.3. The summed E-state index contributed by atoms with van der Waals surface area (Å²) in [5.74, 6) is -0.360. The second-order valence-electron chi connectivity index (χ2n) is 7.12. The summed E-state index contributed by atoms with van der Waals surface area (Å²) in [6.07, 6.45) is 5.93. The van der Waals surface area contributed by atoms with Crippen molar-refractivity contribution in [2.24, 2.45) is 0 Å². The van der Waals surface area contributed by atoms with Gasteiger partial charge in [0.2, 0.25) is 11.4 Å². The minimum absolute atomic E-state index is 0.0957. The Balaban J connectivity index is 1.80. The zero-order valence-electron chi connectivity index (χ0n) is 15.1. The van der Waals surface area contributed by atoms with Gasteiger partial charge in [-0.2, -0.15) is 0 Å². The lowest BCUT2D eigenvalue weighted by Gasteiger charge is -2.45. The third-order valence-corrected chi connectivity index (χ3v) is 5.68. The average molecular weight is 368 g/mol. The molecule has 2 heterocycles. The van der Waals surface area contributed by atoms with Crippen LogP contribution in [-0.4, -0.2) is 27.8 Å². The van der Waals surface area contributed by atoms with Crippen LogP contribution >= 0.6 is 0 Å². The first-order chi connectivity index (χ1) is 12.8. The standard InChI is InChI=1S/C20H20N2O5/c1-12-16-5-3-4-6-17(16)21(13(2)19(23)24)20(12)10-9-14-11-15(22(25)26)7-8-18(14)27-20/h3-6,9-13H,7-8H2,1-2H3,(H,23,24)/t12-,13?,20-/m1/s1. The third-order valence-electron chi connectivity index (χ3n) is 5.68. The number of allylic oxidation sites excluding steroid dienone is 5. The second kappa shape index (κ2) is 5.97. The van der Waals surface area contributed by atoms with Gasteiger partial charge in [-0.1, -0.05) is 25.1 Å². The van der Waals surface area contributed by atoms with Gasteiger partial charge in [0.15, 0.2) is 0 Å². The van der Waals surface area contributed by atoms with Crippen LogP contribution in [0.3, 0.4) is 0 Å². The predicted molar refractivity (Wildman–Crippen MR) is 98.7 cm³/mol. The first-order valence-electron chi connectivity index (χ1n) is 8.92. The number of anilines is 1. The molecule has 1 aromatic carbocycles. The smallest absolute Gasteiger partial charge is 0.326 e. The highest BCUT2D eigenvalue weighted by Gasteiger charge is 2.54. The maximum atomic E-state index is 11.8. The molecular weight excluding hydrogens is 348 g/mol. The molecule has 1 N–H and O–H groups in total. The van der Waals surface area contributed by atoms with Crippen molar-refractivity contribution < 1.29 is 19.6 Å². The molecule has 140 valence electrons. The number of carbonyl (C=O) groups is 1. The van der Waals surface area contributed by atoms with Crippen LogP contribution in [0.1, 0.15) is 38.2 Å². The van der Waals surface area contributed by atoms with Gasteiger partial charge in [0.25, 0.3) is 0 Å². The van der Waals surface area contributed by atoms with E-state index in [9.17, 15) is 20.0 Å². The largest absolute Gasteiger partial charge is 0.480 e. The number of ether oxygens (including phenoxy) is 1. The number of hydrogen-bond donors (Lipinski definition) is 1. The first-order valence-corrected chi connectivity index (χ1v) is 8.92. The van der Waals surface area contributed by atoms with E-state index in [2.05, 4.69) is 0 Å². The SMILES string of the molecule is CC(C(=O)O)N1c2ccccc2[C@@H](C)[C@]12C=CC1=C(CCC([N+](=O)[O-])=C1)O2. The molecule has 1 aliphatic carbocycles. The Kier molecular flexibility index (Phi) is 3.83. The second-order valence-corrected chi connectivity index (χ2v) is 7.12. The normalized spacial score (nSPS) is 27.0. The average Bonchev–Trinajstić information content (AvgIpc) is 2.89. The Morgan fingerprint density at radius 3 is 2.85 bits per heavy atom. The molecule has 0 bridgehead atoms. The maximum Gasteiger partial charge on any atom is 0.326 e. The van der Waals surface area contributed by atoms with E-state index in [0.29, 0.717) is 24.2 Å². The van der Waals surface area contributed by atoms with Crippen molar-refractivity contribution in [1.29, 1.82) is 0 Å². The van der Waals surface area contributed by atoms with Gasteiger partial charge in [-0.15, -0.1) is 0 Å². The van der Waals surface area contributed by atoms with Crippen molar-refractivity contribution >= 4 is 11.7 Å². The summed E-state index contributed by atoms with van der Waals surface area (Å²) in [5, 5.41) is 20.8. The Labute approximate surface area is 156 Å². The van der Waals surface area contributed by atoms with Gasteiger partial charge >= 0.3 is 5.97 Å².